The number of aliphatic hydroxyl groups is 3. The fraction of sp³-hybridized carbons (Fsp3) is 0.822. The number of aliphatic hydroxyl groups excluding tert-OH is 3. The van der Waals surface area contributed by atoms with E-state index >= 15 is 0 Å². The Morgan fingerprint density at radius 3 is 2.16 bits per heavy atom. The Kier molecular flexibility index (Phi) is 23.6. The second kappa shape index (κ2) is 26.3. The molecule has 3 N–H and O–H groups in total. The zero-order valence-electron chi connectivity index (χ0n) is 37.2. The van der Waals surface area contributed by atoms with Crippen molar-refractivity contribution in [1.29, 1.82) is 0 Å². The second-order valence-corrected chi connectivity index (χ2v) is 16.4. The van der Waals surface area contributed by atoms with Crippen LogP contribution in [0.2, 0.25) is 0 Å². The maximum Gasteiger partial charge on any atom is 0.303 e. The van der Waals surface area contributed by atoms with Crippen LogP contribution in [0.25, 0.3) is 0 Å². The lowest BCUT2D eigenvalue weighted by atomic mass is 9.68. The number of nitrogens with zero attached hydrogens (tertiary/aromatic N) is 1. The molecule has 0 radical (unpaired) electrons. The molecular weight excluding hydrogens is 730 g/mol. The third-order valence-electron chi connectivity index (χ3n) is 12.3. The number of carbonyl (C=O) groups is 2. The normalized spacial score (nSPS) is 33.2. The first-order valence-corrected chi connectivity index (χ1v) is 21.4. The molecule has 2 fully saturated rings. The van der Waals surface area contributed by atoms with Gasteiger partial charge in [-0.15, -0.1) is 0 Å². The van der Waals surface area contributed by atoms with E-state index in [0.717, 1.165) is 38.0 Å². The van der Waals surface area contributed by atoms with Crippen LogP contribution in [-0.2, 0) is 38.0 Å². The number of esters is 1. The highest BCUT2D eigenvalue weighted by Gasteiger charge is 2.46. The Morgan fingerprint density at radius 1 is 0.982 bits per heavy atom. The SMILES string of the molecule is CC/C=C/C(CCC[C@H](O)C(C)C(=O)C1=CC2C(C)C(C(O)CC)C=CC2C1CC)OC(C)=O.CN(C)C1CCCOC1.COC1C(OC)[C@H](O)OC(C)[C@@H]1OC. The number of hydrogen-bond donors (Lipinski definition) is 3. The fourth-order valence-corrected chi connectivity index (χ4v) is 8.76. The molecule has 0 aromatic carbocycles. The summed E-state index contributed by atoms with van der Waals surface area (Å²) in [5.41, 5.74) is 0.857. The average molecular weight is 810 g/mol. The Morgan fingerprint density at radius 2 is 1.65 bits per heavy atom. The molecule has 4 rings (SSSR count). The van der Waals surface area contributed by atoms with Gasteiger partial charge in [-0.25, -0.2) is 0 Å². The third kappa shape index (κ3) is 14.9. The van der Waals surface area contributed by atoms with Crippen LogP contribution in [0.5, 0.6) is 0 Å². The molecule has 0 aromatic heterocycles. The first-order valence-electron chi connectivity index (χ1n) is 21.4. The number of likely N-dealkylation sites (N-methyl/N-ethyl adjacent to an activating group) is 1. The molecule has 0 saturated carbocycles. The molecule has 12 heteroatoms. The van der Waals surface area contributed by atoms with Crippen LogP contribution in [0.3, 0.4) is 0 Å². The summed E-state index contributed by atoms with van der Waals surface area (Å²) in [5, 5.41) is 30.8. The quantitative estimate of drug-likeness (QED) is 0.118. The number of methoxy groups -OCH3 is 3. The van der Waals surface area contributed by atoms with Crippen LogP contribution in [0, 0.1) is 35.5 Å². The standard InChI is InChI=1S/C29H46O5.C9H18O5.C7H15NO/c1-7-10-12-21(34-20(6)30)13-11-14-28(32)19(5)29(33)26-17-25-18(4)23(27(31)9-3)15-16-24(25)22(26)8-2;1-5-6(11-2)7(12-3)8(13-4)9(10)14-5;1-8(2)7-4-3-5-9-6-7/h10,12,15-19,21-25,27-28,31-32H,7-9,11,13-14H2,1-6H3;5-10H,1-4H3;7H,3-6H2,1-2H3/b12-10+;;/t18?,19?,21?,22?,23?,24?,25?,27?,28-;5?,6-,7?,8?,9+;/m00./s1. The highest BCUT2D eigenvalue weighted by atomic mass is 16.7. The molecule has 15 atom stereocenters. The first kappa shape index (κ1) is 51.1. The third-order valence-corrected chi connectivity index (χ3v) is 12.3. The van der Waals surface area contributed by atoms with Crippen LogP contribution in [0.1, 0.15) is 99.8 Å². The lowest BCUT2D eigenvalue weighted by Gasteiger charge is -2.41. The maximum atomic E-state index is 13.5. The number of carbonyl (C=O) groups excluding carboxylic acids is 2. The smallest absolute Gasteiger partial charge is 0.303 e. The Labute approximate surface area is 344 Å². The van der Waals surface area contributed by atoms with Crippen molar-refractivity contribution in [2.45, 2.75) is 155 Å². The summed E-state index contributed by atoms with van der Waals surface area (Å²) in [6.07, 6.45) is 13.6. The molecule has 12 unspecified atom stereocenters. The molecule has 330 valence electrons. The molecule has 2 saturated heterocycles. The summed E-state index contributed by atoms with van der Waals surface area (Å²) < 4.78 is 31.5. The monoisotopic (exact) mass is 810 g/mol. The minimum atomic E-state index is -0.966. The summed E-state index contributed by atoms with van der Waals surface area (Å²) in [4.78, 5) is 27.1. The van der Waals surface area contributed by atoms with Crippen molar-refractivity contribution >= 4 is 11.8 Å². The number of ether oxygens (including phenoxy) is 6. The summed E-state index contributed by atoms with van der Waals surface area (Å²) in [7, 11) is 8.87. The van der Waals surface area contributed by atoms with Gasteiger partial charge >= 0.3 is 5.97 Å². The van der Waals surface area contributed by atoms with E-state index in [4.69, 9.17) is 28.4 Å². The molecule has 2 heterocycles. The van der Waals surface area contributed by atoms with Gasteiger partial charge < -0.3 is 48.6 Å². The summed E-state index contributed by atoms with van der Waals surface area (Å²) in [5.74, 6) is 0.352. The van der Waals surface area contributed by atoms with E-state index in [-0.39, 0.29) is 65.9 Å². The number of hydrogen-bond acceptors (Lipinski definition) is 12. The largest absolute Gasteiger partial charge is 0.458 e. The number of Topliss-reactive ketones (excluding diaryl/α,β-unsaturated/α-hetero) is 1. The number of ketones is 1. The second-order valence-electron chi connectivity index (χ2n) is 16.4. The molecule has 2 aliphatic heterocycles. The number of allylic oxidation sites excluding steroid dienone is 4. The minimum absolute atomic E-state index is 0.0457. The van der Waals surface area contributed by atoms with E-state index in [1.165, 1.54) is 26.9 Å². The van der Waals surface area contributed by atoms with Gasteiger partial charge in [0.15, 0.2) is 12.1 Å². The van der Waals surface area contributed by atoms with Crippen molar-refractivity contribution < 1.29 is 53.3 Å². The van der Waals surface area contributed by atoms with Gasteiger partial charge in [-0.3, -0.25) is 9.59 Å². The van der Waals surface area contributed by atoms with Gasteiger partial charge in [0, 0.05) is 52.7 Å². The van der Waals surface area contributed by atoms with Crippen LogP contribution in [0.15, 0.2) is 36.0 Å². The average Bonchev–Trinajstić information content (AvgIpc) is 3.59. The summed E-state index contributed by atoms with van der Waals surface area (Å²) in [6, 6.07) is 0.666. The Bertz CT molecular complexity index is 1230. The lowest BCUT2D eigenvalue weighted by Crippen LogP contribution is -2.58. The highest BCUT2D eigenvalue weighted by molar-refractivity contribution is 5.98. The van der Waals surface area contributed by atoms with E-state index in [2.05, 4.69) is 51.1 Å². The maximum absolute atomic E-state index is 13.5. The highest BCUT2D eigenvalue weighted by Crippen LogP contribution is 2.49. The topological polar surface area (TPSA) is 153 Å². The van der Waals surface area contributed by atoms with Crippen molar-refractivity contribution in [2.75, 3.05) is 48.6 Å². The van der Waals surface area contributed by atoms with Crippen molar-refractivity contribution in [3.05, 3.63) is 36.0 Å². The van der Waals surface area contributed by atoms with Gasteiger partial charge in [0.2, 0.25) is 0 Å². The van der Waals surface area contributed by atoms with Gasteiger partial charge in [-0.2, -0.15) is 0 Å². The lowest BCUT2D eigenvalue weighted by molar-refractivity contribution is -0.291. The predicted molar refractivity (Wildman–Crippen MR) is 222 cm³/mol. The van der Waals surface area contributed by atoms with E-state index in [9.17, 15) is 24.9 Å². The molecule has 2 aliphatic carbocycles. The minimum Gasteiger partial charge on any atom is -0.458 e. The number of fused-ring (bicyclic) bond motifs is 1. The summed E-state index contributed by atoms with van der Waals surface area (Å²) in [6.45, 7) is 15.3. The Hall–Kier alpha value is -2.00. The zero-order valence-corrected chi connectivity index (χ0v) is 37.2. The molecule has 0 bridgehead atoms. The fourth-order valence-electron chi connectivity index (χ4n) is 8.76. The van der Waals surface area contributed by atoms with E-state index in [0.29, 0.717) is 31.2 Å². The zero-order chi connectivity index (χ0) is 42.8. The molecule has 0 spiro atoms. The predicted octanol–water partition coefficient (Wildman–Crippen LogP) is 5.91. The molecule has 0 amide bonds. The van der Waals surface area contributed by atoms with Gasteiger partial charge in [0.05, 0.1) is 24.9 Å². The van der Waals surface area contributed by atoms with Crippen molar-refractivity contribution in [3.63, 3.8) is 0 Å². The van der Waals surface area contributed by atoms with E-state index < -0.39 is 24.4 Å². The Balaban J connectivity index is 0.000000393. The van der Waals surface area contributed by atoms with Gasteiger partial charge in [-0.1, -0.05) is 58.9 Å². The molecule has 4 aliphatic rings. The van der Waals surface area contributed by atoms with Crippen LogP contribution < -0.4 is 0 Å². The number of rotatable bonds is 17. The van der Waals surface area contributed by atoms with Gasteiger partial charge in [-0.05, 0) is 108 Å². The van der Waals surface area contributed by atoms with Crippen LogP contribution in [-0.4, -0.2) is 136 Å². The molecule has 12 nitrogen and oxygen atoms in total. The molecule has 57 heavy (non-hydrogen) atoms. The van der Waals surface area contributed by atoms with Crippen molar-refractivity contribution in [2.24, 2.45) is 35.5 Å². The van der Waals surface area contributed by atoms with Gasteiger partial charge in [0.25, 0.3) is 0 Å². The molecule has 0 aromatic rings. The van der Waals surface area contributed by atoms with Crippen LogP contribution in [0.4, 0.5) is 0 Å². The van der Waals surface area contributed by atoms with E-state index in [1.807, 2.05) is 39.8 Å². The van der Waals surface area contributed by atoms with E-state index in [1.54, 1.807) is 14.2 Å². The van der Waals surface area contributed by atoms with Crippen molar-refractivity contribution in [1.82, 2.24) is 4.90 Å². The summed E-state index contributed by atoms with van der Waals surface area (Å²) >= 11 is 0. The van der Waals surface area contributed by atoms with Crippen molar-refractivity contribution in [3.8, 4) is 0 Å². The first-order chi connectivity index (χ1) is 27.1. The van der Waals surface area contributed by atoms with Gasteiger partial charge in [0.1, 0.15) is 24.4 Å². The van der Waals surface area contributed by atoms with Crippen LogP contribution >= 0.6 is 0 Å². The molecular formula is C45H79NO11.